The molecule has 8 atom stereocenters. The normalized spacial score (nSPS) is 21.5. The maximum Gasteiger partial charge on any atom is 0.408 e. The number of hydrogen-bond donors (Lipinski definition) is 2. The minimum Gasteiger partial charge on any atom is -0.454 e. The number of ether oxygens (including phenoxy) is 8. The van der Waals surface area contributed by atoms with Gasteiger partial charge in [-0.3, -0.25) is 0 Å². The van der Waals surface area contributed by atoms with Crippen molar-refractivity contribution in [1.29, 1.82) is 0 Å². The quantitative estimate of drug-likeness (QED) is 0.0834. The number of carbonyl (C=O) groups is 4. The van der Waals surface area contributed by atoms with E-state index in [1.165, 1.54) is 7.11 Å². The largest absolute Gasteiger partial charge is 0.454 e. The Morgan fingerprint density at radius 2 is 0.984 bits per heavy atom. The van der Waals surface area contributed by atoms with Crippen LogP contribution in [0.3, 0.4) is 0 Å². The van der Waals surface area contributed by atoms with Crippen LogP contribution in [0.4, 0.5) is 9.59 Å². The van der Waals surface area contributed by atoms with Crippen molar-refractivity contribution < 1.29 is 57.1 Å². The van der Waals surface area contributed by atoms with E-state index in [-0.39, 0.29) is 32.7 Å². The van der Waals surface area contributed by atoms with Gasteiger partial charge in [-0.2, -0.15) is 0 Å². The Hall–Kier alpha value is -6.58. The number of carbonyl (C=O) groups excluding carboxylic acids is 4. The van der Waals surface area contributed by atoms with Crippen LogP contribution in [0.5, 0.6) is 0 Å². The summed E-state index contributed by atoms with van der Waals surface area (Å²) in [6.07, 6.45) is -8.61. The van der Waals surface area contributed by atoms with E-state index in [0.29, 0.717) is 5.56 Å². The molecule has 2 heterocycles. The van der Waals surface area contributed by atoms with E-state index in [1.54, 1.807) is 36.4 Å². The fourth-order valence-corrected chi connectivity index (χ4v) is 7.11. The van der Waals surface area contributed by atoms with Crippen molar-refractivity contribution in [2.24, 2.45) is 0 Å². The topological polar surface area (TPSA) is 166 Å². The standard InChI is InChI=1S/C48H48N2O12/c1-55-46-42(61-44(52)38(28-33-19-9-3-10-20-33)50-48(54)58-30-35-23-13-5-14-24-35)41(40-39(59-46)31-56-45(62-40)36-25-15-6-16-26-36)60-43(51)37(27-32-17-7-2-8-18-32)49-47(53)57-29-34-21-11-4-12-22-34/h2-26,37-42,45-46H,27-31H2,1H3,(H,49,53)(H,50,54). The zero-order chi connectivity index (χ0) is 43.1. The summed E-state index contributed by atoms with van der Waals surface area (Å²) in [6, 6.07) is 42.9. The van der Waals surface area contributed by atoms with Crippen molar-refractivity contribution in [1.82, 2.24) is 10.6 Å². The number of esters is 2. The molecule has 0 aromatic heterocycles. The van der Waals surface area contributed by atoms with Crippen LogP contribution in [0.15, 0.2) is 152 Å². The number of nitrogens with one attached hydrogen (secondary N) is 2. The molecule has 322 valence electrons. The second-order valence-corrected chi connectivity index (χ2v) is 14.7. The molecule has 0 bridgehead atoms. The van der Waals surface area contributed by atoms with Gasteiger partial charge in [0, 0.05) is 25.5 Å². The molecule has 2 fully saturated rings. The Morgan fingerprint density at radius 1 is 0.565 bits per heavy atom. The molecule has 0 spiro atoms. The van der Waals surface area contributed by atoms with Gasteiger partial charge in [-0.1, -0.05) is 152 Å². The Kier molecular flexibility index (Phi) is 15.3. The molecular formula is C48H48N2O12. The van der Waals surface area contributed by atoms with Crippen LogP contribution in [-0.4, -0.2) is 80.6 Å². The summed E-state index contributed by atoms with van der Waals surface area (Å²) < 4.78 is 48.0. The van der Waals surface area contributed by atoms with E-state index in [1.807, 2.05) is 115 Å². The second-order valence-electron chi connectivity index (χ2n) is 14.7. The van der Waals surface area contributed by atoms with Gasteiger partial charge in [0.25, 0.3) is 0 Å². The maximum atomic E-state index is 14.5. The fraction of sp³-hybridized carbons (Fsp3) is 0.292. The number of fused-ring (bicyclic) bond motifs is 1. The molecule has 2 saturated heterocycles. The molecule has 2 aliphatic heterocycles. The molecule has 8 unspecified atom stereocenters. The fourth-order valence-electron chi connectivity index (χ4n) is 7.11. The predicted octanol–water partition coefficient (Wildman–Crippen LogP) is 6.37. The smallest absolute Gasteiger partial charge is 0.408 e. The van der Waals surface area contributed by atoms with Crippen LogP contribution >= 0.6 is 0 Å². The van der Waals surface area contributed by atoms with E-state index in [2.05, 4.69) is 10.6 Å². The lowest BCUT2D eigenvalue weighted by atomic mass is 9.96. The molecule has 2 aliphatic rings. The van der Waals surface area contributed by atoms with E-state index in [4.69, 9.17) is 37.9 Å². The molecule has 0 aliphatic carbocycles. The second kappa shape index (κ2) is 21.8. The van der Waals surface area contributed by atoms with Crippen molar-refractivity contribution >= 4 is 24.1 Å². The van der Waals surface area contributed by atoms with Crippen LogP contribution in [-0.2, 0) is 73.5 Å². The summed E-state index contributed by atoms with van der Waals surface area (Å²) in [5, 5.41) is 5.32. The predicted molar refractivity (Wildman–Crippen MR) is 223 cm³/mol. The van der Waals surface area contributed by atoms with Gasteiger partial charge in [-0.25, -0.2) is 19.2 Å². The molecule has 0 radical (unpaired) electrons. The molecule has 14 nitrogen and oxygen atoms in total. The van der Waals surface area contributed by atoms with Gasteiger partial charge in [0.2, 0.25) is 0 Å². The number of methoxy groups -OCH3 is 1. The minimum atomic E-state index is -1.45. The molecule has 0 saturated carbocycles. The summed E-state index contributed by atoms with van der Waals surface area (Å²) in [4.78, 5) is 55.4. The van der Waals surface area contributed by atoms with Crippen LogP contribution in [0.25, 0.3) is 0 Å². The van der Waals surface area contributed by atoms with Gasteiger partial charge in [-0.15, -0.1) is 0 Å². The van der Waals surface area contributed by atoms with Crippen molar-refractivity contribution in [2.45, 2.75) is 75.1 Å². The molecule has 7 rings (SSSR count). The zero-order valence-electron chi connectivity index (χ0n) is 34.0. The Labute approximate surface area is 359 Å². The number of hydrogen-bond acceptors (Lipinski definition) is 12. The average molecular weight is 845 g/mol. The maximum absolute atomic E-state index is 14.5. The summed E-state index contributed by atoms with van der Waals surface area (Å²) in [5.74, 6) is -1.77. The number of alkyl carbamates (subject to hydrolysis) is 2. The Bertz CT molecular complexity index is 2180. The molecule has 5 aromatic carbocycles. The van der Waals surface area contributed by atoms with Gasteiger partial charge in [0.1, 0.15) is 37.5 Å². The van der Waals surface area contributed by atoms with Crippen molar-refractivity contribution in [3.05, 3.63) is 179 Å². The third kappa shape index (κ3) is 12.0. The Morgan fingerprint density at radius 3 is 1.44 bits per heavy atom. The highest BCUT2D eigenvalue weighted by Crippen LogP contribution is 2.37. The van der Waals surface area contributed by atoms with Crippen LogP contribution in [0, 0.1) is 0 Å². The van der Waals surface area contributed by atoms with Gasteiger partial charge in [0.15, 0.2) is 24.8 Å². The number of rotatable bonds is 16. The molecule has 5 aromatic rings. The Balaban J connectivity index is 1.16. The number of amides is 2. The number of benzene rings is 5. The summed E-state index contributed by atoms with van der Waals surface area (Å²) >= 11 is 0. The van der Waals surface area contributed by atoms with E-state index >= 15 is 0 Å². The highest BCUT2D eigenvalue weighted by Gasteiger charge is 2.55. The van der Waals surface area contributed by atoms with E-state index in [0.717, 1.165) is 22.3 Å². The van der Waals surface area contributed by atoms with E-state index in [9.17, 15) is 19.2 Å². The average Bonchev–Trinajstić information content (AvgIpc) is 3.31. The van der Waals surface area contributed by atoms with Crippen LogP contribution < -0.4 is 10.6 Å². The highest BCUT2D eigenvalue weighted by molar-refractivity contribution is 5.83. The van der Waals surface area contributed by atoms with Gasteiger partial charge in [-0.05, 0) is 22.3 Å². The molecule has 62 heavy (non-hydrogen) atoms. The first-order valence-electron chi connectivity index (χ1n) is 20.3. The third-order valence-electron chi connectivity index (χ3n) is 10.2. The first-order valence-corrected chi connectivity index (χ1v) is 20.3. The lowest BCUT2D eigenvalue weighted by Crippen LogP contribution is -2.65. The molecule has 2 amide bonds. The van der Waals surface area contributed by atoms with Gasteiger partial charge >= 0.3 is 24.1 Å². The minimum absolute atomic E-state index is 0.00174. The van der Waals surface area contributed by atoms with Crippen molar-refractivity contribution in [3.63, 3.8) is 0 Å². The van der Waals surface area contributed by atoms with Crippen LogP contribution in [0.2, 0.25) is 0 Å². The zero-order valence-corrected chi connectivity index (χ0v) is 34.0. The van der Waals surface area contributed by atoms with E-state index < -0.39 is 73.2 Å². The first kappa shape index (κ1) is 43.5. The lowest BCUT2D eigenvalue weighted by Gasteiger charge is -2.48. The van der Waals surface area contributed by atoms with Crippen LogP contribution in [0.1, 0.15) is 34.1 Å². The highest BCUT2D eigenvalue weighted by atomic mass is 16.8. The van der Waals surface area contributed by atoms with Crippen molar-refractivity contribution in [3.8, 4) is 0 Å². The summed E-state index contributed by atoms with van der Waals surface area (Å²) in [5.41, 5.74) is 3.63. The summed E-state index contributed by atoms with van der Waals surface area (Å²) in [6.45, 7) is -0.0749. The molecular weight excluding hydrogens is 797 g/mol. The summed E-state index contributed by atoms with van der Waals surface area (Å²) in [7, 11) is 1.35. The first-order chi connectivity index (χ1) is 30.3. The lowest BCUT2D eigenvalue weighted by molar-refractivity contribution is -0.359. The molecule has 14 heteroatoms. The monoisotopic (exact) mass is 844 g/mol. The third-order valence-corrected chi connectivity index (χ3v) is 10.2. The van der Waals surface area contributed by atoms with Gasteiger partial charge < -0.3 is 48.5 Å². The molecule has 2 N–H and O–H groups in total. The van der Waals surface area contributed by atoms with Gasteiger partial charge in [0.05, 0.1) is 6.61 Å². The SMILES string of the molecule is COC1OC2COC(c3ccccc3)OC2C(OC(=O)C(Cc2ccccc2)NC(=O)OCc2ccccc2)C1OC(=O)C(Cc1ccccc1)NC(=O)OCc1ccccc1. The van der Waals surface area contributed by atoms with Crippen molar-refractivity contribution in [2.75, 3.05) is 13.7 Å².